The Balaban J connectivity index is 2.30. The minimum atomic E-state index is -0.351. The highest BCUT2D eigenvalue weighted by Gasteiger charge is 2.27. The lowest BCUT2D eigenvalue weighted by atomic mass is 10.2. The topological polar surface area (TPSA) is 73.0 Å². The van der Waals surface area contributed by atoms with Crippen LogP contribution < -0.4 is 5.32 Å². The van der Waals surface area contributed by atoms with Crippen LogP contribution in [0.1, 0.15) is 25.5 Å². The van der Waals surface area contributed by atoms with E-state index in [-0.39, 0.29) is 16.7 Å². The van der Waals surface area contributed by atoms with Crippen molar-refractivity contribution in [3.05, 3.63) is 28.0 Å². The Labute approximate surface area is 99.5 Å². The van der Waals surface area contributed by atoms with Crippen LogP contribution >= 0.6 is 0 Å². The maximum absolute atomic E-state index is 11.1. The second-order valence-electron chi connectivity index (χ2n) is 4.16. The molecule has 0 unspecified atom stereocenters. The minimum Gasteiger partial charge on any atom is -0.361 e. The number of hydrogen-bond acceptors (Lipinski definition) is 4. The van der Waals surface area contributed by atoms with E-state index < -0.39 is 0 Å². The van der Waals surface area contributed by atoms with Crippen LogP contribution in [0, 0.1) is 10.1 Å². The quantitative estimate of drug-likeness (QED) is 0.493. The normalized spacial score (nSPS) is 15.4. The lowest BCUT2D eigenvalue weighted by Crippen LogP contribution is -2.18. The first kappa shape index (κ1) is 11.6. The summed E-state index contributed by atoms with van der Waals surface area (Å²) in [5.41, 5.74) is 0.646. The van der Waals surface area contributed by atoms with Crippen molar-refractivity contribution >= 4 is 11.5 Å². The molecule has 1 heterocycles. The van der Waals surface area contributed by atoms with Gasteiger partial charge in [0.15, 0.2) is 0 Å². The Kier molecular flexibility index (Phi) is 3.12. The second-order valence-corrected chi connectivity index (χ2v) is 4.16. The fourth-order valence-corrected chi connectivity index (χ4v) is 2.09. The van der Waals surface area contributed by atoms with Gasteiger partial charge in [-0.3, -0.25) is 10.1 Å². The Hall–Kier alpha value is -1.85. The number of nitro groups is 1. The van der Waals surface area contributed by atoms with E-state index >= 15 is 0 Å². The van der Waals surface area contributed by atoms with Crippen LogP contribution in [0.3, 0.4) is 0 Å². The number of nitrogens with zero attached hydrogens (tertiary/aromatic N) is 3. The van der Waals surface area contributed by atoms with E-state index in [4.69, 9.17) is 0 Å². The summed E-state index contributed by atoms with van der Waals surface area (Å²) in [7, 11) is 1.73. The van der Waals surface area contributed by atoms with Crippen molar-refractivity contribution < 1.29 is 4.92 Å². The van der Waals surface area contributed by atoms with E-state index in [9.17, 15) is 10.1 Å². The maximum atomic E-state index is 11.1. The first-order chi connectivity index (χ1) is 8.13. The fraction of sp³-hybridized carbons (Fsp3) is 0.545. The highest BCUT2D eigenvalue weighted by Crippen LogP contribution is 2.30. The summed E-state index contributed by atoms with van der Waals surface area (Å²) in [5, 5.41) is 18.5. The van der Waals surface area contributed by atoms with Crippen molar-refractivity contribution in [1.82, 2.24) is 9.78 Å². The van der Waals surface area contributed by atoms with E-state index in [0.29, 0.717) is 17.9 Å². The van der Waals surface area contributed by atoms with Crippen LogP contribution in [-0.2, 0) is 13.5 Å². The molecule has 0 saturated carbocycles. The van der Waals surface area contributed by atoms with E-state index in [1.54, 1.807) is 11.7 Å². The predicted octanol–water partition coefficient (Wildman–Crippen LogP) is 2.02. The number of rotatable bonds is 4. The zero-order valence-corrected chi connectivity index (χ0v) is 10.0. The Morgan fingerprint density at radius 2 is 2.24 bits per heavy atom. The molecule has 0 fully saturated rings. The van der Waals surface area contributed by atoms with Gasteiger partial charge in [-0.05, 0) is 19.3 Å². The van der Waals surface area contributed by atoms with E-state index in [1.807, 2.05) is 6.92 Å². The fourth-order valence-electron chi connectivity index (χ4n) is 2.09. The van der Waals surface area contributed by atoms with Gasteiger partial charge in [0.25, 0.3) is 0 Å². The summed E-state index contributed by atoms with van der Waals surface area (Å²) < 4.78 is 1.56. The van der Waals surface area contributed by atoms with Crippen molar-refractivity contribution in [1.29, 1.82) is 0 Å². The van der Waals surface area contributed by atoms with Gasteiger partial charge in [-0.15, -0.1) is 0 Å². The molecule has 0 spiro atoms. The summed E-state index contributed by atoms with van der Waals surface area (Å²) in [5.74, 6) is 0.514. The van der Waals surface area contributed by atoms with E-state index in [0.717, 1.165) is 12.8 Å². The molecule has 0 amide bonds. The van der Waals surface area contributed by atoms with Crippen LogP contribution in [0.4, 0.5) is 11.5 Å². The zero-order valence-electron chi connectivity index (χ0n) is 10.0. The van der Waals surface area contributed by atoms with E-state index in [2.05, 4.69) is 22.6 Å². The third-order valence-electron chi connectivity index (χ3n) is 2.96. The van der Waals surface area contributed by atoms with Gasteiger partial charge in [0.05, 0.1) is 4.92 Å². The van der Waals surface area contributed by atoms with E-state index in [1.165, 1.54) is 0 Å². The van der Waals surface area contributed by atoms with Gasteiger partial charge in [-0.2, -0.15) is 5.10 Å². The molecular formula is C11H16N4O2. The monoisotopic (exact) mass is 236 g/mol. The smallest absolute Gasteiger partial charge is 0.333 e. The lowest BCUT2D eigenvalue weighted by molar-refractivity contribution is -0.384. The summed E-state index contributed by atoms with van der Waals surface area (Å²) >= 11 is 0. The molecule has 17 heavy (non-hydrogen) atoms. The van der Waals surface area contributed by atoms with Crippen molar-refractivity contribution in [2.75, 3.05) is 5.32 Å². The molecule has 1 aliphatic rings. The number of aryl methyl sites for hydroxylation is 2. The average molecular weight is 236 g/mol. The summed E-state index contributed by atoms with van der Waals surface area (Å²) in [6, 6.07) is 0.244. The molecule has 2 rings (SSSR count). The molecule has 1 aromatic rings. The van der Waals surface area contributed by atoms with Crippen LogP contribution in [0.2, 0.25) is 0 Å². The summed E-state index contributed by atoms with van der Waals surface area (Å²) in [6.45, 7) is 1.87. The van der Waals surface area contributed by atoms with Crippen molar-refractivity contribution in [3.8, 4) is 0 Å². The predicted molar refractivity (Wildman–Crippen MR) is 65.0 cm³/mol. The van der Waals surface area contributed by atoms with Gasteiger partial charge >= 0.3 is 5.69 Å². The third-order valence-corrected chi connectivity index (χ3v) is 2.96. The molecule has 92 valence electrons. The molecule has 0 aromatic carbocycles. The van der Waals surface area contributed by atoms with Gasteiger partial charge < -0.3 is 5.32 Å². The molecule has 0 saturated heterocycles. The van der Waals surface area contributed by atoms with Gasteiger partial charge in [0.1, 0.15) is 5.69 Å². The Morgan fingerprint density at radius 3 is 2.76 bits per heavy atom. The molecule has 1 N–H and O–H groups in total. The third kappa shape index (κ3) is 2.15. The molecule has 0 radical (unpaired) electrons. The molecule has 1 aliphatic carbocycles. The number of aromatic nitrogens is 2. The van der Waals surface area contributed by atoms with Gasteiger partial charge in [-0.25, -0.2) is 4.68 Å². The minimum absolute atomic E-state index is 0.113. The standard InChI is InChI=1S/C11H16N4O2/c1-3-9-10(15(16)17)11(14(2)13-9)12-8-6-4-5-7-8/h4-5,8,12H,3,6-7H2,1-2H3. The van der Waals surface area contributed by atoms with Crippen molar-refractivity contribution in [3.63, 3.8) is 0 Å². The van der Waals surface area contributed by atoms with Gasteiger partial charge in [0.2, 0.25) is 5.82 Å². The van der Waals surface area contributed by atoms with Crippen LogP contribution in [0.25, 0.3) is 0 Å². The van der Waals surface area contributed by atoms with Crippen LogP contribution in [0.15, 0.2) is 12.2 Å². The SMILES string of the molecule is CCc1nn(C)c(NC2CC=CC2)c1[N+](=O)[O-]. The first-order valence-corrected chi connectivity index (χ1v) is 5.75. The van der Waals surface area contributed by atoms with Crippen LogP contribution in [0.5, 0.6) is 0 Å². The van der Waals surface area contributed by atoms with Crippen molar-refractivity contribution in [2.24, 2.45) is 7.05 Å². The molecule has 0 bridgehead atoms. The van der Waals surface area contributed by atoms with Gasteiger partial charge in [0, 0.05) is 13.1 Å². The number of anilines is 1. The number of nitrogens with one attached hydrogen (secondary N) is 1. The first-order valence-electron chi connectivity index (χ1n) is 5.75. The number of hydrogen-bond donors (Lipinski definition) is 1. The molecule has 0 atom stereocenters. The lowest BCUT2D eigenvalue weighted by Gasteiger charge is -2.12. The average Bonchev–Trinajstić information content (AvgIpc) is 2.88. The molecule has 6 heteroatoms. The molecule has 6 nitrogen and oxygen atoms in total. The second kappa shape index (κ2) is 4.57. The highest BCUT2D eigenvalue weighted by molar-refractivity contribution is 5.60. The maximum Gasteiger partial charge on any atom is 0.333 e. The summed E-state index contributed by atoms with van der Waals surface area (Å²) in [6.07, 6.45) is 6.55. The Morgan fingerprint density at radius 1 is 1.59 bits per heavy atom. The van der Waals surface area contributed by atoms with Crippen LogP contribution in [-0.4, -0.2) is 20.7 Å². The molecule has 1 aromatic heterocycles. The summed E-state index contributed by atoms with van der Waals surface area (Å²) in [4.78, 5) is 10.7. The Bertz CT molecular complexity index is 456. The molecular weight excluding hydrogens is 220 g/mol. The zero-order chi connectivity index (χ0) is 12.4. The van der Waals surface area contributed by atoms with Crippen molar-refractivity contribution in [2.45, 2.75) is 32.2 Å². The largest absolute Gasteiger partial charge is 0.361 e. The molecule has 0 aliphatic heterocycles. The van der Waals surface area contributed by atoms with Gasteiger partial charge in [-0.1, -0.05) is 19.1 Å². The highest BCUT2D eigenvalue weighted by atomic mass is 16.6.